The van der Waals surface area contributed by atoms with Gasteiger partial charge in [0.15, 0.2) is 5.60 Å². The van der Waals surface area contributed by atoms with Crippen LogP contribution in [0.2, 0.25) is 0 Å². The van der Waals surface area contributed by atoms with E-state index in [1.807, 2.05) is 78.9 Å². The number of alkyl halides is 3. The highest BCUT2D eigenvalue weighted by Crippen LogP contribution is 2.59. The van der Waals surface area contributed by atoms with Gasteiger partial charge in [-0.05, 0) is 154 Å². The summed E-state index contributed by atoms with van der Waals surface area (Å²) >= 11 is 0. The highest BCUT2D eigenvalue weighted by Gasteiger charge is 2.45. The van der Waals surface area contributed by atoms with E-state index in [0.29, 0.717) is 46.9 Å². The normalized spacial score (nSPS) is 19.5. The molecular weight excluding hydrogens is 962 g/mol. The molecule has 0 aromatic heterocycles. The summed E-state index contributed by atoms with van der Waals surface area (Å²) in [7, 11) is 0. The minimum Gasteiger partial charge on any atom is -0.472 e. The molecule has 1 unspecified atom stereocenters. The summed E-state index contributed by atoms with van der Waals surface area (Å²) in [6.45, 7) is 9.58. The van der Waals surface area contributed by atoms with Crippen molar-refractivity contribution in [2.24, 2.45) is 5.92 Å². The Bertz CT molecular complexity index is 3480. The van der Waals surface area contributed by atoms with E-state index in [1.165, 1.54) is 69.1 Å². The molecule has 2 heterocycles. The van der Waals surface area contributed by atoms with Gasteiger partial charge < -0.3 is 19.7 Å². The zero-order chi connectivity index (χ0) is 52.9. The number of carbonyl (C=O) groups is 1. The molecule has 1 N–H and O–H groups in total. The third kappa shape index (κ3) is 9.53. The third-order valence-electron chi connectivity index (χ3n) is 17.2. The molecule has 1 atom stereocenters. The van der Waals surface area contributed by atoms with E-state index in [4.69, 9.17) is 9.47 Å². The molecule has 8 aromatic carbocycles. The standard InChI is InChI=1S/C69H65F3N2O3/c1-4-5-7-10-45-13-15-46(16-14-45)47-17-19-48(20-18-47)49-21-23-51(24-22-49)66(75)73-56-31-25-50(26-32-56)52-27-36-62-61(43-52)63-58-35-30-55(69(70,71)72)44-60(58)65-59(64(63)67(62,2)3)37-38-68(77-65,53-11-8-6-9-12-53)54-28-33-57(34-29-54)74-39-41-76-42-40-74/h6,8-9,11-12,17-38,43-46H,4-5,7,10,13-16,39-42H2,1-3H3,(H,73,75)/t45-,46-,68?. The van der Waals surface area contributed by atoms with E-state index >= 15 is 0 Å². The Hall–Kier alpha value is -7.42. The van der Waals surface area contributed by atoms with Gasteiger partial charge in [-0.25, -0.2) is 0 Å². The Morgan fingerprint density at radius 2 is 1.34 bits per heavy atom. The maximum Gasteiger partial charge on any atom is 0.416 e. The Kier molecular flexibility index (Phi) is 13.4. The van der Waals surface area contributed by atoms with Crippen molar-refractivity contribution in [1.29, 1.82) is 0 Å². The lowest BCUT2D eigenvalue weighted by Gasteiger charge is -2.39. The second-order valence-corrected chi connectivity index (χ2v) is 22.3. The van der Waals surface area contributed by atoms with Gasteiger partial charge >= 0.3 is 6.18 Å². The van der Waals surface area contributed by atoms with Gasteiger partial charge in [-0.2, -0.15) is 13.2 Å². The molecule has 0 spiro atoms. The van der Waals surface area contributed by atoms with E-state index in [2.05, 4.69) is 110 Å². The number of benzene rings is 8. The number of halogens is 3. The van der Waals surface area contributed by atoms with Gasteiger partial charge in [0.2, 0.25) is 0 Å². The summed E-state index contributed by atoms with van der Waals surface area (Å²) in [5.41, 5.74) is 11.9. The van der Waals surface area contributed by atoms with Crippen LogP contribution in [0.15, 0.2) is 170 Å². The first kappa shape index (κ1) is 50.4. The second kappa shape index (κ2) is 20.5. The summed E-state index contributed by atoms with van der Waals surface area (Å²) in [5, 5.41) is 4.18. The van der Waals surface area contributed by atoms with Crippen LogP contribution in [0.25, 0.3) is 50.2 Å². The fraction of sp³-hybridized carbons (Fsp3) is 0.290. The SMILES string of the molecule is CCCCC[C@H]1CC[C@H](c2ccc(-c3ccc(C(=O)Nc4ccc(-c5ccc6c(c5)-c5c(c7c(c8cc(C(F)(F)F)ccc58)OC(c5ccccc5)(c5ccc(N8CCOCC8)cc5)C=C7)C6(C)C)cc4)cc3)cc2)CC1. The summed E-state index contributed by atoms with van der Waals surface area (Å²) in [6.07, 6.45) is 10.2. The van der Waals surface area contributed by atoms with Crippen molar-refractivity contribution in [3.05, 3.63) is 214 Å². The number of hydrogen-bond acceptors (Lipinski definition) is 4. The highest BCUT2D eigenvalue weighted by molar-refractivity contribution is 6.09. The van der Waals surface area contributed by atoms with Crippen LogP contribution < -0.4 is 15.0 Å². The molecule has 1 saturated carbocycles. The van der Waals surface area contributed by atoms with E-state index in [9.17, 15) is 18.0 Å². The zero-order valence-electron chi connectivity index (χ0n) is 44.2. The predicted octanol–water partition coefficient (Wildman–Crippen LogP) is 17.8. The molecule has 5 nitrogen and oxygen atoms in total. The predicted molar refractivity (Wildman–Crippen MR) is 307 cm³/mol. The van der Waals surface area contributed by atoms with Crippen molar-refractivity contribution in [1.82, 2.24) is 0 Å². The van der Waals surface area contributed by atoms with Gasteiger partial charge in [0, 0.05) is 57.5 Å². The van der Waals surface area contributed by atoms with Crippen LogP contribution >= 0.6 is 0 Å². The molecule has 2 aliphatic heterocycles. The number of hydrogen-bond donors (Lipinski definition) is 1. The monoisotopic (exact) mass is 1030 g/mol. The third-order valence-corrected chi connectivity index (χ3v) is 17.2. The Morgan fingerprint density at radius 3 is 2.03 bits per heavy atom. The number of ether oxygens (including phenoxy) is 2. The second-order valence-electron chi connectivity index (χ2n) is 22.3. The average molecular weight is 1030 g/mol. The van der Waals surface area contributed by atoms with Crippen molar-refractivity contribution < 1.29 is 27.4 Å². The van der Waals surface area contributed by atoms with Crippen molar-refractivity contribution in [3.63, 3.8) is 0 Å². The average Bonchev–Trinajstić information content (AvgIpc) is 4.00. The van der Waals surface area contributed by atoms with Crippen LogP contribution in [0.5, 0.6) is 5.75 Å². The molecule has 4 aliphatic rings. The Balaban J connectivity index is 0.811. The molecule has 390 valence electrons. The number of fused-ring (bicyclic) bond motifs is 8. The smallest absolute Gasteiger partial charge is 0.416 e. The number of rotatable bonds is 12. The van der Waals surface area contributed by atoms with Crippen molar-refractivity contribution in [2.45, 2.75) is 95.2 Å². The van der Waals surface area contributed by atoms with E-state index in [0.717, 1.165) is 85.9 Å². The molecule has 8 aromatic rings. The minimum atomic E-state index is -4.57. The topological polar surface area (TPSA) is 50.8 Å². The van der Waals surface area contributed by atoms with Crippen molar-refractivity contribution >= 4 is 34.1 Å². The van der Waals surface area contributed by atoms with Crippen LogP contribution in [0.3, 0.4) is 0 Å². The fourth-order valence-electron chi connectivity index (χ4n) is 12.9. The van der Waals surface area contributed by atoms with Crippen molar-refractivity contribution in [2.75, 3.05) is 36.5 Å². The highest BCUT2D eigenvalue weighted by atomic mass is 19.4. The van der Waals surface area contributed by atoms with Crippen LogP contribution in [-0.2, 0) is 21.9 Å². The Labute approximate surface area is 450 Å². The van der Waals surface area contributed by atoms with Gasteiger partial charge in [-0.3, -0.25) is 4.79 Å². The van der Waals surface area contributed by atoms with Crippen LogP contribution in [0.4, 0.5) is 24.5 Å². The fourth-order valence-corrected chi connectivity index (χ4v) is 12.9. The van der Waals surface area contributed by atoms with Gasteiger partial charge in [0.05, 0.1) is 18.8 Å². The molecule has 77 heavy (non-hydrogen) atoms. The molecule has 2 aliphatic carbocycles. The van der Waals surface area contributed by atoms with Gasteiger partial charge in [0.25, 0.3) is 5.91 Å². The van der Waals surface area contributed by atoms with Gasteiger partial charge in [-0.15, -0.1) is 0 Å². The first-order valence-corrected chi connectivity index (χ1v) is 27.7. The van der Waals surface area contributed by atoms with Crippen LogP contribution in [0.1, 0.15) is 127 Å². The molecule has 0 radical (unpaired) electrons. The first-order chi connectivity index (χ1) is 37.4. The van der Waals surface area contributed by atoms with Crippen LogP contribution in [0, 0.1) is 5.92 Å². The molecule has 0 bridgehead atoms. The lowest BCUT2D eigenvalue weighted by atomic mass is 9.76. The first-order valence-electron chi connectivity index (χ1n) is 27.7. The summed E-state index contributed by atoms with van der Waals surface area (Å²) in [4.78, 5) is 15.9. The Morgan fingerprint density at radius 1 is 0.688 bits per heavy atom. The lowest BCUT2D eigenvalue weighted by Crippen LogP contribution is -2.37. The van der Waals surface area contributed by atoms with E-state index in [1.54, 1.807) is 6.07 Å². The quantitative estimate of drug-likeness (QED) is 0.124. The molecular formula is C69H65F3N2O3. The van der Waals surface area contributed by atoms with Crippen molar-refractivity contribution in [3.8, 4) is 39.1 Å². The molecule has 2 fully saturated rings. The number of amides is 1. The zero-order valence-corrected chi connectivity index (χ0v) is 44.2. The molecule has 8 heteroatoms. The molecule has 12 rings (SSSR count). The summed E-state index contributed by atoms with van der Waals surface area (Å²) in [5.74, 6) is 1.78. The maximum absolute atomic E-state index is 14.8. The van der Waals surface area contributed by atoms with Crippen LogP contribution in [-0.4, -0.2) is 32.2 Å². The maximum atomic E-state index is 14.8. The van der Waals surface area contributed by atoms with Gasteiger partial charge in [0.1, 0.15) is 5.75 Å². The molecule has 1 saturated heterocycles. The number of nitrogens with one attached hydrogen (secondary N) is 1. The number of unbranched alkanes of at least 4 members (excludes halogenated alkanes) is 2. The van der Waals surface area contributed by atoms with E-state index in [-0.39, 0.29) is 5.91 Å². The lowest BCUT2D eigenvalue weighted by molar-refractivity contribution is -0.137. The van der Waals surface area contributed by atoms with Gasteiger partial charge in [-0.1, -0.05) is 162 Å². The summed E-state index contributed by atoms with van der Waals surface area (Å²) < 4.78 is 57.3. The summed E-state index contributed by atoms with van der Waals surface area (Å²) in [6, 6.07) is 53.4. The minimum absolute atomic E-state index is 0.189. The molecule has 1 amide bonds. The number of nitrogens with zero attached hydrogens (tertiary/aromatic N) is 1. The van der Waals surface area contributed by atoms with E-state index < -0.39 is 22.8 Å². The number of anilines is 2. The number of morpholine rings is 1. The number of carbonyl (C=O) groups excluding carboxylic acids is 1. The largest absolute Gasteiger partial charge is 0.472 e.